The number of hydrogen-bond donors (Lipinski definition) is 1. The second-order valence-electron chi connectivity index (χ2n) is 5.31. The zero-order valence-electron chi connectivity index (χ0n) is 13.3. The molecular formula is C15H19N5O2S. The maximum Gasteiger partial charge on any atom is 0.234 e. The van der Waals surface area contributed by atoms with E-state index in [0.717, 1.165) is 5.82 Å². The van der Waals surface area contributed by atoms with Crippen molar-refractivity contribution in [2.75, 3.05) is 11.1 Å². The second-order valence-corrected chi connectivity index (χ2v) is 6.30. The normalized spacial score (nSPS) is 10.8. The smallest absolute Gasteiger partial charge is 0.234 e. The van der Waals surface area contributed by atoms with Gasteiger partial charge in [-0.25, -0.2) is 4.68 Å². The number of hydrogen-bond acceptors (Lipinski definition) is 6. The molecule has 122 valence electrons. The molecule has 1 aromatic carbocycles. The van der Waals surface area contributed by atoms with Crippen LogP contribution in [0.25, 0.3) is 0 Å². The highest BCUT2D eigenvalue weighted by molar-refractivity contribution is 7.99. The fourth-order valence-electron chi connectivity index (χ4n) is 1.96. The Labute approximate surface area is 138 Å². The Morgan fingerprint density at radius 1 is 1.35 bits per heavy atom. The minimum absolute atomic E-state index is 0.0315. The molecule has 0 spiro atoms. The van der Waals surface area contributed by atoms with E-state index in [0.29, 0.717) is 17.0 Å². The highest BCUT2D eigenvalue weighted by Gasteiger charge is 2.10. The van der Waals surface area contributed by atoms with Crippen LogP contribution in [0, 0.1) is 0 Å². The minimum atomic E-state index is -0.126. The van der Waals surface area contributed by atoms with Crippen LogP contribution >= 0.6 is 11.8 Å². The van der Waals surface area contributed by atoms with Crippen LogP contribution in [0.2, 0.25) is 0 Å². The van der Waals surface area contributed by atoms with Crippen LogP contribution in [0.15, 0.2) is 24.3 Å². The van der Waals surface area contributed by atoms with Gasteiger partial charge in [-0.05, 0) is 43.3 Å². The summed E-state index contributed by atoms with van der Waals surface area (Å²) < 4.78 is 1.74. The SMILES string of the molecule is CC(=O)c1cccc(NC(=O)CSCc2nnnn2C(C)C)c1. The van der Waals surface area contributed by atoms with E-state index >= 15 is 0 Å². The number of Topliss-reactive ketones (excluding diaryl/α,β-unsaturated/α-hetero) is 1. The number of anilines is 1. The molecule has 0 atom stereocenters. The number of rotatable bonds is 7. The van der Waals surface area contributed by atoms with Crippen molar-refractivity contribution in [1.82, 2.24) is 20.2 Å². The lowest BCUT2D eigenvalue weighted by atomic mass is 10.1. The van der Waals surface area contributed by atoms with Gasteiger partial charge in [0, 0.05) is 11.3 Å². The first-order valence-electron chi connectivity index (χ1n) is 7.22. The first kappa shape index (κ1) is 17.1. The van der Waals surface area contributed by atoms with Gasteiger partial charge in [0.25, 0.3) is 0 Å². The van der Waals surface area contributed by atoms with Crippen LogP contribution in [0.3, 0.4) is 0 Å². The fraction of sp³-hybridized carbons (Fsp3) is 0.400. The summed E-state index contributed by atoms with van der Waals surface area (Å²) in [5.74, 6) is 1.44. The Morgan fingerprint density at radius 3 is 2.83 bits per heavy atom. The number of carbonyl (C=O) groups is 2. The molecule has 0 aliphatic carbocycles. The first-order valence-corrected chi connectivity index (χ1v) is 8.38. The van der Waals surface area contributed by atoms with Gasteiger partial charge in [-0.15, -0.1) is 16.9 Å². The quantitative estimate of drug-likeness (QED) is 0.782. The van der Waals surface area contributed by atoms with Gasteiger partial charge >= 0.3 is 0 Å². The summed E-state index contributed by atoms with van der Waals surface area (Å²) in [5.41, 5.74) is 1.20. The largest absolute Gasteiger partial charge is 0.325 e. The molecule has 1 aromatic heterocycles. The Morgan fingerprint density at radius 2 is 2.13 bits per heavy atom. The third-order valence-electron chi connectivity index (χ3n) is 3.07. The first-order chi connectivity index (χ1) is 11.0. The van der Waals surface area contributed by atoms with Crippen molar-refractivity contribution in [1.29, 1.82) is 0 Å². The number of ketones is 1. The van der Waals surface area contributed by atoms with Crippen molar-refractivity contribution in [3.8, 4) is 0 Å². The predicted octanol–water partition coefficient (Wildman–Crippen LogP) is 2.33. The Kier molecular flexibility index (Phi) is 5.86. The van der Waals surface area contributed by atoms with Crippen molar-refractivity contribution in [3.63, 3.8) is 0 Å². The number of thioether (sulfide) groups is 1. The monoisotopic (exact) mass is 333 g/mol. The fourth-order valence-corrected chi connectivity index (χ4v) is 2.69. The highest BCUT2D eigenvalue weighted by Crippen LogP contribution is 2.15. The summed E-state index contributed by atoms with van der Waals surface area (Å²) in [5, 5.41) is 14.3. The summed E-state index contributed by atoms with van der Waals surface area (Å²) in [4.78, 5) is 23.3. The predicted molar refractivity (Wildman–Crippen MR) is 89.4 cm³/mol. The van der Waals surface area contributed by atoms with Gasteiger partial charge in [0.1, 0.15) is 0 Å². The van der Waals surface area contributed by atoms with Crippen LogP contribution < -0.4 is 5.32 Å². The second kappa shape index (κ2) is 7.87. The van der Waals surface area contributed by atoms with E-state index in [9.17, 15) is 9.59 Å². The molecule has 0 aliphatic rings. The zero-order chi connectivity index (χ0) is 16.8. The van der Waals surface area contributed by atoms with Crippen molar-refractivity contribution in [2.24, 2.45) is 0 Å². The van der Waals surface area contributed by atoms with E-state index in [1.807, 2.05) is 13.8 Å². The maximum absolute atomic E-state index is 12.0. The molecule has 23 heavy (non-hydrogen) atoms. The van der Waals surface area contributed by atoms with Crippen molar-refractivity contribution >= 4 is 29.1 Å². The third-order valence-corrected chi connectivity index (χ3v) is 4.00. The molecule has 8 heteroatoms. The van der Waals surface area contributed by atoms with Crippen LogP contribution in [0.1, 0.15) is 43.0 Å². The molecule has 0 aliphatic heterocycles. The molecule has 0 saturated heterocycles. The number of amides is 1. The lowest BCUT2D eigenvalue weighted by molar-refractivity contribution is -0.113. The van der Waals surface area contributed by atoms with Gasteiger partial charge in [0.2, 0.25) is 5.91 Å². The molecule has 0 saturated carbocycles. The van der Waals surface area contributed by atoms with E-state index in [1.165, 1.54) is 18.7 Å². The summed E-state index contributed by atoms with van der Waals surface area (Å²) in [6.07, 6.45) is 0. The van der Waals surface area contributed by atoms with E-state index < -0.39 is 0 Å². The molecule has 7 nitrogen and oxygen atoms in total. The zero-order valence-corrected chi connectivity index (χ0v) is 14.1. The van der Waals surface area contributed by atoms with Gasteiger partial charge in [-0.2, -0.15) is 0 Å². The van der Waals surface area contributed by atoms with Gasteiger partial charge in [-0.1, -0.05) is 12.1 Å². The Bertz CT molecular complexity index is 699. The Hall–Kier alpha value is -2.22. The maximum atomic E-state index is 12.0. The van der Waals surface area contributed by atoms with Gasteiger partial charge in [0.05, 0.1) is 17.5 Å². The number of benzene rings is 1. The van der Waals surface area contributed by atoms with Gasteiger partial charge in [-0.3, -0.25) is 9.59 Å². The van der Waals surface area contributed by atoms with Gasteiger partial charge < -0.3 is 5.32 Å². The topological polar surface area (TPSA) is 89.8 Å². The van der Waals surface area contributed by atoms with E-state index in [2.05, 4.69) is 20.8 Å². The third kappa shape index (κ3) is 4.88. The minimum Gasteiger partial charge on any atom is -0.325 e. The number of carbonyl (C=O) groups excluding carboxylic acids is 2. The molecule has 0 unspecified atom stereocenters. The molecule has 0 bridgehead atoms. The summed E-state index contributed by atoms with van der Waals surface area (Å²) in [7, 11) is 0. The molecular weight excluding hydrogens is 314 g/mol. The molecule has 2 aromatic rings. The van der Waals surface area contributed by atoms with E-state index in [1.54, 1.807) is 28.9 Å². The highest BCUT2D eigenvalue weighted by atomic mass is 32.2. The molecule has 0 radical (unpaired) electrons. The number of tetrazole rings is 1. The molecule has 1 N–H and O–H groups in total. The molecule has 1 amide bonds. The molecule has 0 fully saturated rings. The standard InChI is InChI=1S/C15H19N5O2S/c1-10(2)20-14(17-18-19-20)8-23-9-15(22)16-13-6-4-5-12(7-13)11(3)21/h4-7,10H,8-9H2,1-3H3,(H,16,22). The average molecular weight is 333 g/mol. The van der Waals surface area contributed by atoms with E-state index in [-0.39, 0.29) is 23.5 Å². The number of aromatic nitrogens is 4. The summed E-state index contributed by atoms with van der Waals surface area (Å²) in [6.45, 7) is 5.49. The number of nitrogens with zero attached hydrogens (tertiary/aromatic N) is 4. The van der Waals surface area contributed by atoms with Gasteiger partial charge in [0.15, 0.2) is 11.6 Å². The number of nitrogens with one attached hydrogen (secondary N) is 1. The molecule has 1 heterocycles. The lowest BCUT2D eigenvalue weighted by Gasteiger charge is -2.08. The average Bonchev–Trinajstić information content (AvgIpc) is 2.96. The van der Waals surface area contributed by atoms with Crippen LogP contribution in [0.5, 0.6) is 0 Å². The summed E-state index contributed by atoms with van der Waals surface area (Å²) >= 11 is 1.44. The summed E-state index contributed by atoms with van der Waals surface area (Å²) in [6, 6.07) is 7.08. The van der Waals surface area contributed by atoms with Crippen LogP contribution in [0.4, 0.5) is 5.69 Å². The van der Waals surface area contributed by atoms with Crippen LogP contribution in [-0.2, 0) is 10.5 Å². The lowest BCUT2D eigenvalue weighted by Crippen LogP contribution is -2.15. The Balaban J connectivity index is 1.85. The molecule has 2 rings (SSSR count). The van der Waals surface area contributed by atoms with Crippen molar-refractivity contribution in [2.45, 2.75) is 32.6 Å². The van der Waals surface area contributed by atoms with Crippen molar-refractivity contribution in [3.05, 3.63) is 35.7 Å². The van der Waals surface area contributed by atoms with E-state index in [4.69, 9.17) is 0 Å². The van der Waals surface area contributed by atoms with Crippen molar-refractivity contribution < 1.29 is 9.59 Å². The van der Waals surface area contributed by atoms with Crippen LogP contribution in [-0.4, -0.2) is 37.7 Å².